The van der Waals surface area contributed by atoms with E-state index in [1.807, 2.05) is 0 Å². The van der Waals surface area contributed by atoms with Gasteiger partial charge < -0.3 is 10.9 Å². The number of amidine groups is 1. The lowest BCUT2D eigenvalue weighted by atomic mass is 10.2. The molecule has 1 heterocycles. The van der Waals surface area contributed by atoms with Gasteiger partial charge in [0.15, 0.2) is 11.0 Å². The first kappa shape index (κ1) is 11.7. The molecule has 0 unspecified atom stereocenters. The van der Waals surface area contributed by atoms with E-state index < -0.39 is 0 Å². The van der Waals surface area contributed by atoms with Gasteiger partial charge in [-0.1, -0.05) is 22.8 Å². The Labute approximate surface area is 106 Å². The minimum atomic E-state index is -0.0439. The van der Waals surface area contributed by atoms with Crippen LogP contribution in [0.25, 0.3) is 0 Å². The number of hydrogen-bond acceptors (Lipinski definition) is 5. The average molecular weight is 270 g/mol. The third-order valence-electron chi connectivity index (χ3n) is 1.94. The van der Waals surface area contributed by atoms with Crippen molar-refractivity contribution in [3.05, 3.63) is 35.1 Å². The van der Waals surface area contributed by atoms with Crippen LogP contribution in [-0.4, -0.2) is 26.2 Å². The summed E-state index contributed by atoms with van der Waals surface area (Å²) in [5, 5.41) is 19.1. The zero-order chi connectivity index (χ0) is 12.3. The largest absolute Gasteiger partial charge is 0.409 e. The summed E-state index contributed by atoms with van der Waals surface area (Å²) < 4.78 is 0. The topological polar surface area (TPSA) is 100 Å². The molecule has 6 nitrogen and oxygen atoms in total. The summed E-state index contributed by atoms with van der Waals surface area (Å²) in [4.78, 5) is 4.70. The highest BCUT2D eigenvalue weighted by molar-refractivity contribution is 7.99. The van der Waals surface area contributed by atoms with Crippen LogP contribution >= 0.6 is 23.4 Å². The van der Waals surface area contributed by atoms with E-state index in [4.69, 9.17) is 22.5 Å². The Morgan fingerprint density at radius 3 is 3.00 bits per heavy atom. The normalized spacial score (nSPS) is 11.7. The smallest absolute Gasteiger partial charge is 0.188 e. The molecular formula is C9H8ClN5OS. The number of aromatic amines is 1. The summed E-state index contributed by atoms with van der Waals surface area (Å²) >= 11 is 7.30. The van der Waals surface area contributed by atoms with Gasteiger partial charge in [-0.3, -0.25) is 5.10 Å². The summed E-state index contributed by atoms with van der Waals surface area (Å²) in [5.74, 6) is -0.0439. The molecule has 0 atom stereocenters. The highest BCUT2D eigenvalue weighted by atomic mass is 35.5. The van der Waals surface area contributed by atoms with Crippen molar-refractivity contribution in [2.24, 2.45) is 10.9 Å². The number of hydrogen-bond donors (Lipinski definition) is 3. The number of benzene rings is 1. The van der Waals surface area contributed by atoms with Crippen LogP contribution in [0.2, 0.25) is 5.02 Å². The SMILES string of the molecule is NC(=NO)c1c(Cl)cccc1Sc1ncn[nH]1. The van der Waals surface area contributed by atoms with Crippen LogP contribution in [0.1, 0.15) is 5.56 Å². The minimum Gasteiger partial charge on any atom is -0.409 e. The van der Waals surface area contributed by atoms with Crippen LogP contribution in [0.4, 0.5) is 0 Å². The molecule has 0 fully saturated rings. The third-order valence-corrected chi connectivity index (χ3v) is 3.20. The number of aromatic nitrogens is 3. The van der Waals surface area contributed by atoms with E-state index in [9.17, 15) is 0 Å². The van der Waals surface area contributed by atoms with Crippen LogP contribution < -0.4 is 5.73 Å². The van der Waals surface area contributed by atoms with Crippen LogP contribution in [-0.2, 0) is 0 Å². The first-order valence-corrected chi connectivity index (χ1v) is 5.71. The Hall–Kier alpha value is -1.73. The molecule has 1 aromatic carbocycles. The number of H-pyrrole nitrogens is 1. The lowest BCUT2D eigenvalue weighted by Crippen LogP contribution is -2.14. The van der Waals surface area contributed by atoms with Crippen molar-refractivity contribution in [2.75, 3.05) is 0 Å². The third kappa shape index (κ3) is 2.51. The van der Waals surface area contributed by atoms with Crippen molar-refractivity contribution in [3.63, 3.8) is 0 Å². The lowest BCUT2D eigenvalue weighted by Gasteiger charge is -2.07. The number of nitrogens with zero attached hydrogens (tertiary/aromatic N) is 3. The quantitative estimate of drug-likeness (QED) is 0.341. The van der Waals surface area contributed by atoms with E-state index in [-0.39, 0.29) is 5.84 Å². The van der Waals surface area contributed by atoms with Gasteiger partial charge in [-0.05, 0) is 23.9 Å². The van der Waals surface area contributed by atoms with Crippen molar-refractivity contribution in [1.82, 2.24) is 15.2 Å². The molecular weight excluding hydrogens is 262 g/mol. The van der Waals surface area contributed by atoms with Gasteiger partial charge in [0.25, 0.3) is 0 Å². The number of halogens is 1. The molecule has 88 valence electrons. The van der Waals surface area contributed by atoms with E-state index in [0.29, 0.717) is 15.7 Å². The molecule has 0 radical (unpaired) electrons. The zero-order valence-corrected chi connectivity index (χ0v) is 10.0. The van der Waals surface area contributed by atoms with Gasteiger partial charge in [0.05, 0.1) is 10.6 Å². The van der Waals surface area contributed by atoms with Gasteiger partial charge in [-0.15, -0.1) is 0 Å². The monoisotopic (exact) mass is 269 g/mol. The minimum absolute atomic E-state index is 0.0439. The Kier molecular flexibility index (Phi) is 3.50. The number of oxime groups is 1. The van der Waals surface area contributed by atoms with E-state index >= 15 is 0 Å². The van der Waals surface area contributed by atoms with E-state index in [2.05, 4.69) is 20.3 Å². The first-order chi connectivity index (χ1) is 8.22. The van der Waals surface area contributed by atoms with Crippen molar-refractivity contribution in [2.45, 2.75) is 10.1 Å². The molecule has 2 aromatic rings. The molecule has 0 saturated carbocycles. The Bertz CT molecular complexity index is 542. The zero-order valence-electron chi connectivity index (χ0n) is 8.46. The standard InChI is InChI=1S/C9H8ClN5OS/c10-5-2-1-3-6(7(5)8(11)15-16)17-9-12-4-13-14-9/h1-4,16H,(H2,11,15)(H,12,13,14). The molecule has 4 N–H and O–H groups in total. The predicted molar refractivity (Wildman–Crippen MR) is 64.5 cm³/mol. The maximum Gasteiger partial charge on any atom is 0.188 e. The second-order valence-electron chi connectivity index (χ2n) is 2.99. The molecule has 1 aromatic heterocycles. The highest BCUT2D eigenvalue weighted by Crippen LogP contribution is 2.31. The molecule has 2 rings (SSSR count). The fourth-order valence-corrected chi connectivity index (χ4v) is 2.43. The number of nitrogens with two attached hydrogens (primary N) is 1. The highest BCUT2D eigenvalue weighted by Gasteiger charge is 2.13. The number of nitrogens with one attached hydrogen (secondary N) is 1. The second kappa shape index (κ2) is 5.07. The van der Waals surface area contributed by atoms with Crippen LogP contribution in [0.15, 0.2) is 39.7 Å². The molecule has 0 aliphatic carbocycles. The molecule has 0 bridgehead atoms. The van der Waals surface area contributed by atoms with Crippen LogP contribution in [0.3, 0.4) is 0 Å². The molecule has 0 amide bonds. The van der Waals surface area contributed by atoms with Gasteiger partial charge in [0.1, 0.15) is 6.33 Å². The Morgan fingerprint density at radius 1 is 1.53 bits per heavy atom. The van der Waals surface area contributed by atoms with Crippen molar-refractivity contribution in [1.29, 1.82) is 0 Å². The molecule has 0 saturated heterocycles. The van der Waals surface area contributed by atoms with E-state index in [1.54, 1.807) is 18.2 Å². The molecule has 8 heteroatoms. The first-order valence-electron chi connectivity index (χ1n) is 4.52. The van der Waals surface area contributed by atoms with Gasteiger partial charge in [0, 0.05) is 4.90 Å². The molecule has 0 aliphatic heterocycles. The summed E-state index contributed by atoms with van der Waals surface area (Å²) in [7, 11) is 0. The molecule has 17 heavy (non-hydrogen) atoms. The Balaban J connectivity index is 2.43. The van der Waals surface area contributed by atoms with Crippen molar-refractivity contribution in [3.8, 4) is 0 Å². The second-order valence-corrected chi connectivity index (χ2v) is 4.43. The van der Waals surface area contributed by atoms with E-state index in [1.165, 1.54) is 18.1 Å². The van der Waals surface area contributed by atoms with Crippen molar-refractivity contribution < 1.29 is 5.21 Å². The van der Waals surface area contributed by atoms with E-state index in [0.717, 1.165) is 4.90 Å². The van der Waals surface area contributed by atoms with Crippen molar-refractivity contribution >= 4 is 29.2 Å². The van der Waals surface area contributed by atoms with Gasteiger partial charge >= 0.3 is 0 Å². The lowest BCUT2D eigenvalue weighted by molar-refractivity contribution is 0.318. The maximum absolute atomic E-state index is 8.72. The molecule has 0 aliphatic rings. The van der Waals surface area contributed by atoms with Crippen LogP contribution in [0.5, 0.6) is 0 Å². The van der Waals surface area contributed by atoms with Gasteiger partial charge in [-0.2, -0.15) is 5.10 Å². The van der Waals surface area contributed by atoms with Crippen LogP contribution in [0, 0.1) is 0 Å². The summed E-state index contributed by atoms with van der Waals surface area (Å²) in [5.41, 5.74) is 6.05. The fourth-order valence-electron chi connectivity index (χ4n) is 1.24. The maximum atomic E-state index is 8.72. The predicted octanol–water partition coefficient (Wildman–Crippen LogP) is 1.70. The average Bonchev–Trinajstić information content (AvgIpc) is 2.81. The molecule has 0 spiro atoms. The summed E-state index contributed by atoms with van der Waals surface area (Å²) in [6.45, 7) is 0. The summed E-state index contributed by atoms with van der Waals surface area (Å²) in [6.07, 6.45) is 1.40. The van der Waals surface area contributed by atoms with Gasteiger partial charge in [0.2, 0.25) is 0 Å². The van der Waals surface area contributed by atoms with Gasteiger partial charge in [-0.25, -0.2) is 4.98 Å². The Morgan fingerprint density at radius 2 is 2.35 bits per heavy atom. The summed E-state index contributed by atoms with van der Waals surface area (Å²) in [6, 6.07) is 5.24. The fraction of sp³-hybridized carbons (Fsp3) is 0. The number of rotatable bonds is 3.